The van der Waals surface area contributed by atoms with Gasteiger partial charge in [0.05, 0.1) is 37.5 Å². The van der Waals surface area contributed by atoms with Crippen molar-refractivity contribution in [3.05, 3.63) is 78.5 Å². The van der Waals surface area contributed by atoms with Crippen LogP contribution in [0.15, 0.2) is 71.3 Å². The maximum atomic E-state index is 12.2. The molecule has 0 aliphatic rings. The largest absolute Gasteiger partial charge is 0.497 e. The summed E-state index contributed by atoms with van der Waals surface area (Å²) < 4.78 is 18.2. The van der Waals surface area contributed by atoms with Crippen molar-refractivity contribution < 1.29 is 18.7 Å². The van der Waals surface area contributed by atoms with Crippen LogP contribution in [0.3, 0.4) is 0 Å². The fraction of sp³-hybridized carbons (Fsp3) is 0.182. The van der Waals surface area contributed by atoms with Crippen LogP contribution in [0.25, 0.3) is 11.0 Å². The van der Waals surface area contributed by atoms with Crippen LogP contribution < -0.4 is 14.8 Å². The highest BCUT2D eigenvalue weighted by Crippen LogP contribution is 2.19. The van der Waals surface area contributed by atoms with Gasteiger partial charge in [0.2, 0.25) is 0 Å². The second-order valence-corrected chi connectivity index (χ2v) is 6.35. The van der Waals surface area contributed by atoms with Gasteiger partial charge in [-0.2, -0.15) is 0 Å². The van der Waals surface area contributed by atoms with E-state index in [0.717, 1.165) is 28.4 Å². The van der Waals surface area contributed by atoms with Crippen LogP contribution in [0.4, 0.5) is 0 Å². The lowest BCUT2D eigenvalue weighted by atomic mass is 10.3. The zero-order valence-corrected chi connectivity index (χ0v) is 16.0. The number of fused-ring (bicyclic) bond motifs is 1. The Morgan fingerprint density at radius 1 is 1.07 bits per heavy atom. The van der Waals surface area contributed by atoms with Gasteiger partial charge in [-0.1, -0.05) is 12.1 Å². The highest BCUT2D eigenvalue weighted by molar-refractivity contribution is 5.91. The molecule has 7 heteroatoms. The van der Waals surface area contributed by atoms with Crippen molar-refractivity contribution in [3.63, 3.8) is 0 Å². The molecule has 0 radical (unpaired) electrons. The molecule has 2 aromatic carbocycles. The van der Waals surface area contributed by atoms with Gasteiger partial charge in [0.25, 0.3) is 5.91 Å². The molecule has 0 saturated carbocycles. The number of ether oxygens (including phenoxy) is 2. The van der Waals surface area contributed by atoms with Crippen LogP contribution in [0.1, 0.15) is 16.4 Å². The maximum Gasteiger partial charge on any atom is 0.287 e. The third kappa shape index (κ3) is 4.24. The van der Waals surface area contributed by atoms with Gasteiger partial charge in [-0.3, -0.25) is 4.79 Å². The van der Waals surface area contributed by atoms with E-state index >= 15 is 0 Å². The molecule has 0 saturated heterocycles. The van der Waals surface area contributed by atoms with E-state index in [1.807, 2.05) is 48.5 Å². The van der Waals surface area contributed by atoms with E-state index in [4.69, 9.17) is 13.9 Å². The summed E-state index contributed by atoms with van der Waals surface area (Å²) in [7, 11) is 1.63. The molecule has 0 bridgehead atoms. The summed E-state index contributed by atoms with van der Waals surface area (Å²) >= 11 is 0. The minimum atomic E-state index is -0.275. The number of carbonyl (C=O) groups excluding carboxylic acids is 1. The molecule has 29 heavy (non-hydrogen) atoms. The van der Waals surface area contributed by atoms with E-state index in [-0.39, 0.29) is 18.2 Å². The lowest BCUT2D eigenvalue weighted by Crippen LogP contribution is -2.25. The molecule has 1 amide bonds. The molecule has 7 nitrogen and oxygen atoms in total. The minimum absolute atomic E-state index is 0.274. The van der Waals surface area contributed by atoms with Crippen molar-refractivity contribution >= 4 is 16.9 Å². The van der Waals surface area contributed by atoms with Crippen molar-refractivity contribution in [1.29, 1.82) is 0 Å². The predicted octanol–water partition coefficient (Wildman–Crippen LogP) is 3.65. The number of rotatable bonds is 8. The quantitative estimate of drug-likeness (QED) is 0.496. The monoisotopic (exact) mass is 391 g/mol. The third-order valence-corrected chi connectivity index (χ3v) is 4.53. The Kier molecular flexibility index (Phi) is 5.47. The first kappa shape index (κ1) is 18.6. The van der Waals surface area contributed by atoms with E-state index in [1.54, 1.807) is 19.2 Å². The number of benzene rings is 2. The van der Waals surface area contributed by atoms with E-state index in [1.165, 1.54) is 6.26 Å². The average molecular weight is 391 g/mol. The lowest BCUT2D eigenvalue weighted by Gasteiger charge is -2.11. The Hall–Kier alpha value is -3.74. The molecule has 4 rings (SSSR count). The maximum absolute atomic E-state index is 12.2. The summed E-state index contributed by atoms with van der Waals surface area (Å²) in [5, 5.41) is 2.85. The van der Waals surface area contributed by atoms with Crippen LogP contribution in [-0.2, 0) is 13.1 Å². The molecule has 0 aliphatic carbocycles. The molecule has 1 N–H and O–H groups in total. The molecule has 148 valence electrons. The van der Waals surface area contributed by atoms with E-state index < -0.39 is 0 Å². The Morgan fingerprint density at radius 2 is 1.86 bits per heavy atom. The van der Waals surface area contributed by atoms with E-state index in [9.17, 15) is 4.79 Å². The Morgan fingerprint density at radius 3 is 2.62 bits per heavy atom. The van der Waals surface area contributed by atoms with Gasteiger partial charge in [0.1, 0.15) is 23.9 Å². The van der Waals surface area contributed by atoms with Crippen LogP contribution in [0, 0.1) is 0 Å². The fourth-order valence-electron chi connectivity index (χ4n) is 3.09. The number of nitrogens with zero attached hydrogens (tertiary/aromatic N) is 2. The molecule has 0 unspecified atom stereocenters. The molecule has 2 heterocycles. The van der Waals surface area contributed by atoms with Crippen molar-refractivity contribution in [2.75, 3.05) is 13.7 Å². The smallest absolute Gasteiger partial charge is 0.287 e. The van der Waals surface area contributed by atoms with Gasteiger partial charge >= 0.3 is 0 Å². The van der Waals surface area contributed by atoms with Crippen LogP contribution >= 0.6 is 0 Å². The SMILES string of the molecule is COc1ccc(OCCn2c(CNC(=O)c3ccco3)nc3ccccc32)cc1. The normalized spacial score (nSPS) is 10.8. The van der Waals surface area contributed by atoms with Crippen molar-refractivity contribution in [3.8, 4) is 11.5 Å². The highest BCUT2D eigenvalue weighted by atomic mass is 16.5. The van der Waals surface area contributed by atoms with Crippen molar-refractivity contribution in [2.24, 2.45) is 0 Å². The van der Waals surface area contributed by atoms with Crippen LogP contribution in [-0.4, -0.2) is 29.2 Å². The number of nitrogens with one attached hydrogen (secondary N) is 1. The fourth-order valence-corrected chi connectivity index (χ4v) is 3.09. The van der Waals surface area contributed by atoms with Crippen LogP contribution in [0.5, 0.6) is 11.5 Å². The van der Waals surface area contributed by atoms with Gasteiger partial charge in [-0.15, -0.1) is 0 Å². The number of hydrogen-bond donors (Lipinski definition) is 1. The first-order valence-electron chi connectivity index (χ1n) is 9.27. The molecule has 0 spiro atoms. The highest BCUT2D eigenvalue weighted by Gasteiger charge is 2.13. The number of carbonyl (C=O) groups is 1. The number of amides is 1. The number of hydrogen-bond acceptors (Lipinski definition) is 5. The average Bonchev–Trinajstić information content (AvgIpc) is 3.41. The molecule has 2 aromatic heterocycles. The van der Waals surface area contributed by atoms with E-state index in [2.05, 4.69) is 14.9 Å². The number of imidazole rings is 1. The van der Waals surface area contributed by atoms with Crippen LogP contribution in [0.2, 0.25) is 0 Å². The van der Waals surface area contributed by atoms with Gasteiger partial charge in [0, 0.05) is 0 Å². The summed E-state index contributed by atoms with van der Waals surface area (Å²) in [5.74, 6) is 2.30. The molecule has 4 aromatic rings. The molecule has 0 atom stereocenters. The summed E-state index contributed by atoms with van der Waals surface area (Å²) in [6.45, 7) is 1.35. The Balaban J connectivity index is 1.46. The summed E-state index contributed by atoms with van der Waals surface area (Å²) in [6.07, 6.45) is 1.47. The van der Waals surface area contributed by atoms with E-state index in [0.29, 0.717) is 13.2 Å². The summed E-state index contributed by atoms with van der Waals surface area (Å²) in [5.41, 5.74) is 1.87. The third-order valence-electron chi connectivity index (χ3n) is 4.53. The first-order chi connectivity index (χ1) is 14.2. The number of furan rings is 1. The first-order valence-corrected chi connectivity index (χ1v) is 9.27. The minimum Gasteiger partial charge on any atom is -0.497 e. The summed E-state index contributed by atoms with van der Waals surface area (Å²) in [6, 6.07) is 18.6. The second-order valence-electron chi connectivity index (χ2n) is 6.35. The van der Waals surface area contributed by atoms with Crippen molar-refractivity contribution in [1.82, 2.24) is 14.9 Å². The second kappa shape index (κ2) is 8.52. The number of para-hydroxylation sites is 2. The molecular formula is C22H21N3O4. The Bertz CT molecular complexity index is 1090. The molecular weight excluding hydrogens is 370 g/mol. The zero-order valence-electron chi connectivity index (χ0n) is 16.0. The van der Waals surface area contributed by atoms with Crippen molar-refractivity contribution in [2.45, 2.75) is 13.1 Å². The van der Waals surface area contributed by atoms with Gasteiger partial charge in [-0.05, 0) is 48.5 Å². The number of methoxy groups -OCH3 is 1. The predicted molar refractivity (Wildman–Crippen MR) is 108 cm³/mol. The van der Waals surface area contributed by atoms with Gasteiger partial charge in [0.15, 0.2) is 5.76 Å². The lowest BCUT2D eigenvalue weighted by molar-refractivity contribution is 0.0921. The van der Waals surface area contributed by atoms with Gasteiger partial charge in [-0.25, -0.2) is 4.98 Å². The number of aromatic nitrogens is 2. The molecule has 0 fully saturated rings. The summed E-state index contributed by atoms with van der Waals surface area (Å²) in [4.78, 5) is 16.8. The topological polar surface area (TPSA) is 78.5 Å². The standard InChI is InChI=1S/C22H21N3O4/c1-27-16-8-10-17(11-9-16)28-14-12-25-19-6-3-2-5-18(19)24-21(25)15-23-22(26)20-7-4-13-29-20/h2-11,13H,12,14-15H2,1H3,(H,23,26). The molecule has 0 aliphatic heterocycles. The zero-order chi connectivity index (χ0) is 20.1. The van der Waals surface area contributed by atoms with Gasteiger partial charge < -0.3 is 23.8 Å². The Labute approximate surface area is 167 Å².